The van der Waals surface area contributed by atoms with Gasteiger partial charge in [-0.1, -0.05) is 167 Å². The van der Waals surface area contributed by atoms with Crippen molar-refractivity contribution >= 4 is 5.69 Å². The minimum absolute atomic E-state index is 0.798. The summed E-state index contributed by atoms with van der Waals surface area (Å²) in [6.07, 6.45) is 31.5. The first-order valence-electron chi connectivity index (χ1n) is 17.1. The fourth-order valence-corrected chi connectivity index (χ4v) is 4.56. The third-order valence-electron chi connectivity index (χ3n) is 7.12. The third-order valence-corrected chi connectivity index (χ3v) is 7.12. The van der Waals surface area contributed by atoms with Crippen LogP contribution in [0.3, 0.4) is 0 Å². The molecule has 0 atom stereocenters. The predicted molar refractivity (Wildman–Crippen MR) is 173 cm³/mol. The first kappa shape index (κ1) is 37.9. The van der Waals surface area contributed by atoms with Crippen LogP contribution in [0, 0.1) is 0 Å². The van der Waals surface area contributed by atoms with Crippen LogP contribution in [0.15, 0.2) is 30.3 Å². The van der Waals surface area contributed by atoms with Crippen LogP contribution in [0.1, 0.15) is 168 Å². The minimum Gasteiger partial charge on any atom is -0.302 e. The van der Waals surface area contributed by atoms with Crippen molar-refractivity contribution in [1.29, 1.82) is 0 Å². The van der Waals surface area contributed by atoms with Crippen molar-refractivity contribution in [3.05, 3.63) is 30.3 Å². The molecule has 1 aromatic rings. The fourth-order valence-electron chi connectivity index (χ4n) is 4.56. The van der Waals surface area contributed by atoms with Gasteiger partial charge in [-0.2, -0.15) is 0 Å². The molecular weight excluding hydrogens is 480 g/mol. The lowest BCUT2D eigenvalue weighted by molar-refractivity contribution is 0.0387. The summed E-state index contributed by atoms with van der Waals surface area (Å²) in [4.78, 5) is 10.8. The molecule has 0 heterocycles. The summed E-state index contributed by atoms with van der Waals surface area (Å²) >= 11 is 0. The summed E-state index contributed by atoms with van der Waals surface area (Å²) in [5.74, 6) is 0. The first-order valence-corrected chi connectivity index (χ1v) is 17.1. The van der Waals surface area contributed by atoms with E-state index in [9.17, 15) is 0 Å². The quantitative estimate of drug-likeness (QED) is 0.0771. The second-order valence-corrected chi connectivity index (χ2v) is 11.1. The normalized spacial score (nSPS) is 10.8. The van der Waals surface area contributed by atoms with Crippen molar-refractivity contribution in [3.63, 3.8) is 0 Å². The molecule has 0 aliphatic carbocycles. The summed E-state index contributed by atoms with van der Waals surface area (Å²) in [5, 5.41) is 0. The van der Waals surface area contributed by atoms with Crippen LogP contribution >= 0.6 is 0 Å². The maximum atomic E-state index is 5.46. The summed E-state index contributed by atoms with van der Waals surface area (Å²) in [6.45, 7) is 9.34. The fraction of sp³-hybridized carbons (Fsp3) is 0.829. The number of hydrogen-bond acceptors (Lipinski definition) is 4. The Labute approximate surface area is 244 Å². The Bertz CT molecular complexity index is 527. The lowest BCUT2D eigenvalue weighted by atomic mass is 10.1. The van der Waals surface area contributed by atoms with Crippen LogP contribution in [0.4, 0.5) is 5.69 Å². The SMILES string of the molecule is CCCCCCCCCCCCCCONc1ccccc1.CCCCCCCCCCCCONCCC. The molecule has 0 amide bonds. The highest BCUT2D eigenvalue weighted by Crippen LogP contribution is 2.12. The van der Waals surface area contributed by atoms with E-state index in [0.29, 0.717) is 0 Å². The molecule has 1 aromatic carbocycles. The monoisotopic (exact) mass is 549 g/mol. The molecule has 2 N–H and O–H groups in total. The molecule has 0 spiro atoms. The molecule has 0 fully saturated rings. The van der Waals surface area contributed by atoms with Crippen molar-refractivity contribution in [3.8, 4) is 0 Å². The van der Waals surface area contributed by atoms with E-state index in [0.717, 1.165) is 38.3 Å². The predicted octanol–water partition coefficient (Wildman–Crippen LogP) is 11.6. The van der Waals surface area contributed by atoms with E-state index in [1.54, 1.807) is 0 Å². The standard InChI is InChI=1S/C20H35NO.C15H33NO/c1-2-3-4-5-6-7-8-9-10-11-12-16-19-22-21-20-17-14-13-15-18-20;1-3-5-6-7-8-9-10-11-12-13-15-17-16-14-4-2/h13-15,17-18,21H,2-12,16,19H2,1H3;16H,3-15H2,1-2H3. The lowest BCUT2D eigenvalue weighted by Gasteiger charge is -2.06. The van der Waals surface area contributed by atoms with Gasteiger partial charge in [0.2, 0.25) is 0 Å². The van der Waals surface area contributed by atoms with Crippen LogP contribution < -0.4 is 11.0 Å². The van der Waals surface area contributed by atoms with Gasteiger partial charge in [0.25, 0.3) is 0 Å². The zero-order chi connectivity index (χ0) is 28.3. The van der Waals surface area contributed by atoms with Crippen LogP contribution in [-0.4, -0.2) is 19.8 Å². The maximum Gasteiger partial charge on any atom is 0.0746 e. The highest BCUT2D eigenvalue weighted by Gasteiger charge is 1.95. The molecule has 230 valence electrons. The third kappa shape index (κ3) is 33.0. The highest BCUT2D eigenvalue weighted by molar-refractivity contribution is 5.39. The average Bonchev–Trinajstić information content (AvgIpc) is 2.96. The molecule has 0 unspecified atom stereocenters. The topological polar surface area (TPSA) is 42.5 Å². The van der Waals surface area contributed by atoms with Gasteiger partial charge in [-0.05, 0) is 31.4 Å². The van der Waals surface area contributed by atoms with Crippen LogP contribution in [0.5, 0.6) is 0 Å². The van der Waals surface area contributed by atoms with Crippen LogP contribution in [0.2, 0.25) is 0 Å². The largest absolute Gasteiger partial charge is 0.302 e. The van der Waals surface area contributed by atoms with E-state index in [4.69, 9.17) is 9.68 Å². The number of nitrogens with one attached hydrogen (secondary N) is 2. The average molecular weight is 549 g/mol. The van der Waals surface area contributed by atoms with Crippen LogP contribution in [0.25, 0.3) is 0 Å². The Kier molecular flexibility index (Phi) is 33.9. The molecule has 39 heavy (non-hydrogen) atoms. The van der Waals surface area contributed by atoms with Gasteiger partial charge in [0.15, 0.2) is 0 Å². The van der Waals surface area contributed by atoms with Crippen molar-refractivity contribution < 1.29 is 9.68 Å². The highest BCUT2D eigenvalue weighted by atomic mass is 16.6. The minimum atomic E-state index is 0.798. The second-order valence-electron chi connectivity index (χ2n) is 11.1. The summed E-state index contributed by atoms with van der Waals surface area (Å²) in [6, 6.07) is 10.1. The number of hydroxylamine groups is 1. The Morgan fingerprint density at radius 2 is 0.821 bits per heavy atom. The molecule has 0 saturated heterocycles. The first-order chi connectivity index (χ1) is 19.3. The van der Waals surface area contributed by atoms with Crippen LogP contribution in [-0.2, 0) is 9.68 Å². The molecule has 1 rings (SSSR count). The number of anilines is 1. The molecular formula is C35H68N2O2. The molecule has 0 aliphatic heterocycles. The molecule has 4 heteroatoms. The lowest BCUT2D eigenvalue weighted by Crippen LogP contribution is -2.15. The van der Waals surface area contributed by atoms with Gasteiger partial charge in [0, 0.05) is 6.54 Å². The number of rotatable bonds is 29. The summed E-state index contributed by atoms with van der Waals surface area (Å²) < 4.78 is 0. The Morgan fingerprint density at radius 3 is 1.23 bits per heavy atom. The zero-order valence-electron chi connectivity index (χ0n) is 26.6. The molecule has 0 bridgehead atoms. The number of unbranched alkanes of at least 4 members (excludes halogenated alkanes) is 20. The molecule has 0 saturated carbocycles. The van der Waals surface area contributed by atoms with Crippen molar-refractivity contribution in [2.24, 2.45) is 0 Å². The number of benzene rings is 1. The van der Waals surface area contributed by atoms with Crippen molar-refractivity contribution in [2.45, 2.75) is 168 Å². The Balaban J connectivity index is 0.000000768. The maximum absolute atomic E-state index is 5.46. The Morgan fingerprint density at radius 1 is 0.436 bits per heavy atom. The number of para-hydroxylation sites is 1. The van der Waals surface area contributed by atoms with Gasteiger partial charge in [-0.3, -0.25) is 10.3 Å². The van der Waals surface area contributed by atoms with E-state index in [1.807, 2.05) is 30.3 Å². The van der Waals surface area contributed by atoms with E-state index < -0.39 is 0 Å². The van der Waals surface area contributed by atoms with Crippen molar-refractivity contribution in [1.82, 2.24) is 5.48 Å². The molecule has 0 aliphatic rings. The van der Waals surface area contributed by atoms with Gasteiger partial charge in [0.1, 0.15) is 0 Å². The van der Waals surface area contributed by atoms with E-state index in [-0.39, 0.29) is 0 Å². The summed E-state index contributed by atoms with van der Waals surface area (Å²) in [5.41, 5.74) is 6.98. The van der Waals surface area contributed by atoms with E-state index in [1.165, 1.54) is 135 Å². The van der Waals surface area contributed by atoms with Gasteiger partial charge < -0.3 is 4.84 Å². The number of hydrogen-bond donors (Lipinski definition) is 2. The molecule has 0 radical (unpaired) electrons. The summed E-state index contributed by atoms with van der Waals surface area (Å²) in [7, 11) is 0. The van der Waals surface area contributed by atoms with E-state index in [2.05, 4.69) is 31.7 Å². The van der Waals surface area contributed by atoms with Crippen molar-refractivity contribution in [2.75, 3.05) is 25.2 Å². The zero-order valence-corrected chi connectivity index (χ0v) is 26.6. The van der Waals surface area contributed by atoms with Gasteiger partial charge in [-0.25, -0.2) is 5.48 Å². The smallest absolute Gasteiger partial charge is 0.0746 e. The Hall–Kier alpha value is -1.10. The van der Waals surface area contributed by atoms with Gasteiger partial charge in [-0.15, -0.1) is 0 Å². The molecule has 0 aromatic heterocycles. The van der Waals surface area contributed by atoms with Gasteiger partial charge >= 0.3 is 0 Å². The molecule has 4 nitrogen and oxygen atoms in total. The second kappa shape index (κ2) is 34.9. The van der Waals surface area contributed by atoms with E-state index >= 15 is 0 Å². The van der Waals surface area contributed by atoms with Gasteiger partial charge in [0.05, 0.1) is 18.9 Å².